The molecule has 0 atom stereocenters. The molecule has 21 heavy (non-hydrogen) atoms. The van der Waals surface area contributed by atoms with Crippen LogP contribution in [0, 0.1) is 0 Å². The molecule has 3 aromatic rings. The molecule has 0 aliphatic carbocycles. The Balaban J connectivity index is 2.14. The zero-order valence-corrected chi connectivity index (χ0v) is 13.2. The average Bonchev–Trinajstić information content (AvgIpc) is 2.83. The highest BCUT2D eigenvalue weighted by Gasteiger charge is 2.11. The van der Waals surface area contributed by atoms with Crippen molar-refractivity contribution >= 4 is 44.1 Å². The topological polar surface area (TPSA) is 62.8 Å². The quantitative estimate of drug-likeness (QED) is 0.768. The summed E-state index contributed by atoms with van der Waals surface area (Å²) in [6.45, 7) is 0. The number of halogens is 2. The normalized spacial score (nSPS) is 12.0. The summed E-state index contributed by atoms with van der Waals surface area (Å²) in [7, 11) is -3.25. The lowest BCUT2D eigenvalue weighted by Crippen LogP contribution is -1.96. The highest BCUT2D eigenvalue weighted by molar-refractivity contribution is 7.90. The SMILES string of the molecule is CS(=O)(=O)c1ccc2nc(-c3ccc(Cl)c(Cl)c3)[nH]c2c1. The number of fused-ring (bicyclic) bond motifs is 1. The summed E-state index contributed by atoms with van der Waals surface area (Å²) in [6.07, 6.45) is 1.17. The van der Waals surface area contributed by atoms with Gasteiger partial charge in [-0.05, 0) is 36.4 Å². The summed E-state index contributed by atoms with van der Waals surface area (Å²) in [5, 5.41) is 0.905. The van der Waals surface area contributed by atoms with Gasteiger partial charge >= 0.3 is 0 Å². The Morgan fingerprint density at radius 2 is 1.81 bits per heavy atom. The third-order valence-electron chi connectivity index (χ3n) is 3.07. The van der Waals surface area contributed by atoms with Crippen LogP contribution in [0.1, 0.15) is 0 Å². The average molecular weight is 341 g/mol. The summed E-state index contributed by atoms with van der Waals surface area (Å²) in [4.78, 5) is 7.77. The van der Waals surface area contributed by atoms with E-state index in [9.17, 15) is 8.42 Å². The van der Waals surface area contributed by atoms with Gasteiger partial charge in [0.05, 0.1) is 26.0 Å². The first kappa shape index (κ1) is 14.4. The zero-order chi connectivity index (χ0) is 15.2. The number of hydrogen-bond donors (Lipinski definition) is 1. The van der Waals surface area contributed by atoms with Crippen molar-refractivity contribution in [3.63, 3.8) is 0 Å². The van der Waals surface area contributed by atoms with E-state index in [4.69, 9.17) is 23.2 Å². The summed E-state index contributed by atoms with van der Waals surface area (Å²) in [5.41, 5.74) is 2.11. The van der Waals surface area contributed by atoms with Crippen molar-refractivity contribution in [3.05, 3.63) is 46.4 Å². The van der Waals surface area contributed by atoms with Crippen LogP contribution >= 0.6 is 23.2 Å². The molecule has 2 aromatic carbocycles. The Labute approximate surface area is 131 Å². The Kier molecular flexibility index (Phi) is 3.43. The minimum Gasteiger partial charge on any atom is -0.338 e. The van der Waals surface area contributed by atoms with E-state index in [0.717, 1.165) is 5.56 Å². The van der Waals surface area contributed by atoms with E-state index in [1.54, 1.807) is 30.3 Å². The number of nitrogens with zero attached hydrogens (tertiary/aromatic N) is 1. The molecule has 0 aliphatic heterocycles. The maximum atomic E-state index is 11.6. The molecule has 0 fully saturated rings. The van der Waals surface area contributed by atoms with Crippen LogP contribution < -0.4 is 0 Å². The largest absolute Gasteiger partial charge is 0.338 e. The molecule has 0 amide bonds. The van der Waals surface area contributed by atoms with E-state index in [1.165, 1.54) is 12.3 Å². The molecule has 7 heteroatoms. The van der Waals surface area contributed by atoms with Crippen molar-refractivity contribution in [1.29, 1.82) is 0 Å². The number of H-pyrrole nitrogens is 1. The Hall–Kier alpha value is -1.56. The second kappa shape index (κ2) is 5.02. The van der Waals surface area contributed by atoms with Crippen LogP contribution in [0.15, 0.2) is 41.3 Å². The fourth-order valence-corrected chi connectivity index (χ4v) is 2.94. The first-order valence-corrected chi connectivity index (χ1v) is 8.64. The van der Waals surface area contributed by atoms with Gasteiger partial charge in [0.25, 0.3) is 0 Å². The number of benzene rings is 2. The Morgan fingerprint density at radius 3 is 2.48 bits per heavy atom. The van der Waals surface area contributed by atoms with E-state index >= 15 is 0 Å². The maximum Gasteiger partial charge on any atom is 0.175 e. The van der Waals surface area contributed by atoms with E-state index < -0.39 is 9.84 Å². The first-order valence-electron chi connectivity index (χ1n) is 6.00. The van der Waals surface area contributed by atoms with Crippen LogP contribution in [0.2, 0.25) is 10.0 Å². The molecule has 0 radical (unpaired) electrons. The maximum absolute atomic E-state index is 11.6. The van der Waals surface area contributed by atoms with Crippen LogP contribution in [0.4, 0.5) is 0 Å². The molecular formula is C14H10Cl2N2O2S. The second-order valence-corrected chi connectivity index (χ2v) is 7.50. The first-order chi connectivity index (χ1) is 9.84. The molecule has 3 rings (SSSR count). The second-order valence-electron chi connectivity index (χ2n) is 4.67. The van der Waals surface area contributed by atoms with Crippen molar-refractivity contribution < 1.29 is 8.42 Å². The fourth-order valence-electron chi connectivity index (χ4n) is 2.00. The minimum absolute atomic E-state index is 0.249. The van der Waals surface area contributed by atoms with Crippen LogP contribution in [0.3, 0.4) is 0 Å². The van der Waals surface area contributed by atoms with Crippen LogP contribution in [-0.2, 0) is 9.84 Å². The zero-order valence-electron chi connectivity index (χ0n) is 10.9. The highest BCUT2D eigenvalue weighted by Crippen LogP contribution is 2.28. The predicted octanol–water partition coefficient (Wildman–Crippen LogP) is 3.94. The van der Waals surface area contributed by atoms with Crippen molar-refractivity contribution in [2.45, 2.75) is 4.90 Å². The summed E-state index contributed by atoms with van der Waals surface area (Å²) in [6, 6.07) is 9.97. The molecule has 0 spiro atoms. The lowest BCUT2D eigenvalue weighted by atomic mass is 10.2. The van der Waals surface area contributed by atoms with Crippen molar-refractivity contribution in [2.75, 3.05) is 6.26 Å². The van der Waals surface area contributed by atoms with Gasteiger partial charge < -0.3 is 4.98 Å². The van der Waals surface area contributed by atoms with Gasteiger partial charge in [0, 0.05) is 11.8 Å². The molecule has 1 N–H and O–H groups in total. The number of rotatable bonds is 2. The van der Waals surface area contributed by atoms with Gasteiger partial charge in [0.2, 0.25) is 0 Å². The van der Waals surface area contributed by atoms with E-state index in [-0.39, 0.29) is 4.90 Å². The molecule has 1 aromatic heterocycles. The predicted molar refractivity (Wildman–Crippen MR) is 84.7 cm³/mol. The van der Waals surface area contributed by atoms with Gasteiger partial charge in [0.1, 0.15) is 5.82 Å². The van der Waals surface area contributed by atoms with Gasteiger partial charge in [-0.1, -0.05) is 23.2 Å². The molecule has 0 saturated carbocycles. The minimum atomic E-state index is -3.25. The van der Waals surface area contributed by atoms with Gasteiger partial charge in [0.15, 0.2) is 9.84 Å². The van der Waals surface area contributed by atoms with Gasteiger partial charge in [-0.25, -0.2) is 13.4 Å². The molecular weight excluding hydrogens is 331 g/mol. The summed E-state index contributed by atoms with van der Waals surface area (Å²) < 4.78 is 23.1. The van der Waals surface area contributed by atoms with Gasteiger partial charge in [-0.2, -0.15) is 0 Å². The number of nitrogens with one attached hydrogen (secondary N) is 1. The van der Waals surface area contributed by atoms with Crippen molar-refractivity contribution in [1.82, 2.24) is 9.97 Å². The van der Waals surface area contributed by atoms with Crippen molar-refractivity contribution in [2.24, 2.45) is 0 Å². The fraction of sp³-hybridized carbons (Fsp3) is 0.0714. The molecule has 0 unspecified atom stereocenters. The van der Waals surface area contributed by atoms with Gasteiger partial charge in [-0.15, -0.1) is 0 Å². The Bertz CT molecular complexity index is 949. The summed E-state index contributed by atoms with van der Waals surface area (Å²) in [5.74, 6) is 0.606. The standard InChI is InChI=1S/C14H10Cl2N2O2S/c1-21(19,20)9-3-5-12-13(7-9)18-14(17-12)8-2-4-10(15)11(16)6-8/h2-7H,1H3,(H,17,18). The molecule has 0 bridgehead atoms. The monoisotopic (exact) mass is 340 g/mol. The number of hydrogen-bond acceptors (Lipinski definition) is 3. The number of aromatic amines is 1. The number of imidazole rings is 1. The molecule has 0 aliphatic rings. The van der Waals surface area contributed by atoms with E-state index in [1.807, 2.05) is 0 Å². The molecule has 108 valence electrons. The third kappa shape index (κ3) is 2.77. The van der Waals surface area contributed by atoms with Crippen molar-refractivity contribution in [3.8, 4) is 11.4 Å². The lowest BCUT2D eigenvalue weighted by molar-refractivity contribution is 0.602. The lowest BCUT2D eigenvalue weighted by Gasteiger charge is -1.99. The molecule has 0 saturated heterocycles. The highest BCUT2D eigenvalue weighted by atomic mass is 35.5. The number of sulfone groups is 1. The molecule has 4 nitrogen and oxygen atoms in total. The van der Waals surface area contributed by atoms with Gasteiger partial charge in [-0.3, -0.25) is 0 Å². The Morgan fingerprint density at radius 1 is 1.05 bits per heavy atom. The third-order valence-corrected chi connectivity index (χ3v) is 4.92. The van der Waals surface area contributed by atoms with Crippen LogP contribution in [-0.4, -0.2) is 24.6 Å². The number of aromatic nitrogens is 2. The smallest absolute Gasteiger partial charge is 0.175 e. The molecule has 1 heterocycles. The summed E-state index contributed by atoms with van der Waals surface area (Å²) >= 11 is 11.9. The van der Waals surface area contributed by atoms with Crippen LogP contribution in [0.25, 0.3) is 22.4 Å². The van der Waals surface area contributed by atoms with Crippen LogP contribution in [0.5, 0.6) is 0 Å². The van der Waals surface area contributed by atoms with E-state index in [0.29, 0.717) is 26.9 Å². The van der Waals surface area contributed by atoms with E-state index in [2.05, 4.69) is 9.97 Å².